The molecule has 2 aliphatic rings. The van der Waals surface area contributed by atoms with E-state index in [2.05, 4.69) is 30.4 Å². The van der Waals surface area contributed by atoms with Crippen LogP contribution in [0, 0.1) is 0 Å². The fourth-order valence-electron chi connectivity index (χ4n) is 3.39. The van der Waals surface area contributed by atoms with E-state index >= 15 is 0 Å². The minimum absolute atomic E-state index is 0.260. The van der Waals surface area contributed by atoms with Crippen LogP contribution in [0.2, 0.25) is 0 Å². The zero-order valence-corrected chi connectivity index (χ0v) is 14.9. The summed E-state index contributed by atoms with van der Waals surface area (Å²) >= 11 is 0. The van der Waals surface area contributed by atoms with Gasteiger partial charge in [0.15, 0.2) is 0 Å². The van der Waals surface area contributed by atoms with Crippen molar-refractivity contribution in [1.29, 1.82) is 0 Å². The predicted molar refractivity (Wildman–Crippen MR) is 93.0 cm³/mol. The van der Waals surface area contributed by atoms with Gasteiger partial charge in [0.05, 0.1) is 26.2 Å². The zero-order valence-electron chi connectivity index (χ0n) is 14.9. The van der Waals surface area contributed by atoms with Crippen LogP contribution in [-0.4, -0.2) is 64.5 Å². The van der Waals surface area contributed by atoms with E-state index in [4.69, 9.17) is 13.9 Å². The number of rotatable bonds is 6. The Morgan fingerprint density at radius 3 is 2.88 bits per heavy atom. The van der Waals surface area contributed by atoms with Gasteiger partial charge >= 0.3 is 0 Å². The van der Waals surface area contributed by atoms with Gasteiger partial charge in [-0.1, -0.05) is 0 Å². The Hall–Kier alpha value is -2.26. The van der Waals surface area contributed by atoms with E-state index in [1.807, 2.05) is 6.07 Å². The van der Waals surface area contributed by atoms with E-state index in [0.717, 1.165) is 44.8 Å². The third-order valence-electron chi connectivity index (χ3n) is 4.91. The first-order valence-electron chi connectivity index (χ1n) is 9.05. The molecule has 0 spiro atoms. The topological polar surface area (TPSA) is 98.4 Å². The lowest BCUT2D eigenvalue weighted by Crippen LogP contribution is -2.38. The summed E-state index contributed by atoms with van der Waals surface area (Å²) in [7, 11) is 1.60. The third kappa shape index (κ3) is 4.10. The van der Waals surface area contributed by atoms with Crippen LogP contribution in [0.25, 0.3) is 0 Å². The van der Waals surface area contributed by atoms with Crippen molar-refractivity contribution in [2.24, 2.45) is 0 Å². The fourth-order valence-corrected chi connectivity index (χ4v) is 3.39. The number of hydrogen-bond donors (Lipinski definition) is 1. The van der Waals surface area contributed by atoms with Gasteiger partial charge < -0.3 is 19.2 Å². The van der Waals surface area contributed by atoms with Crippen LogP contribution < -0.4 is 10.1 Å². The summed E-state index contributed by atoms with van der Waals surface area (Å²) in [6, 6.07) is 2.21. The fraction of sp³-hybridized carbons (Fsp3) is 0.647. The summed E-state index contributed by atoms with van der Waals surface area (Å²) in [5.74, 6) is 3.04. The molecule has 4 rings (SSSR count). The number of aromatic nitrogens is 4. The van der Waals surface area contributed by atoms with Crippen molar-refractivity contribution in [1.82, 2.24) is 25.1 Å². The van der Waals surface area contributed by atoms with Gasteiger partial charge in [-0.3, -0.25) is 4.90 Å². The van der Waals surface area contributed by atoms with Crippen LogP contribution >= 0.6 is 0 Å². The van der Waals surface area contributed by atoms with Crippen LogP contribution in [0.1, 0.15) is 37.0 Å². The van der Waals surface area contributed by atoms with Gasteiger partial charge in [-0.25, -0.2) is 9.97 Å². The normalized spacial score (nSPS) is 21.8. The minimum Gasteiger partial charge on any atom is -0.481 e. The Bertz CT molecular complexity index is 710. The first-order valence-corrected chi connectivity index (χ1v) is 9.05. The van der Waals surface area contributed by atoms with Crippen molar-refractivity contribution in [2.45, 2.75) is 37.8 Å². The van der Waals surface area contributed by atoms with Crippen LogP contribution in [0.3, 0.4) is 0 Å². The number of piperidine rings is 1. The highest BCUT2D eigenvalue weighted by Crippen LogP contribution is 2.24. The van der Waals surface area contributed by atoms with Crippen molar-refractivity contribution < 1.29 is 13.9 Å². The number of likely N-dealkylation sites (tertiary alicyclic amines) is 1. The average molecular weight is 360 g/mol. The summed E-state index contributed by atoms with van der Waals surface area (Å²) < 4.78 is 16.3. The number of anilines is 1. The number of ether oxygens (including phenoxy) is 2. The molecular weight excluding hydrogens is 336 g/mol. The number of methoxy groups -OCH3 is 1. The van der Waals surface area contributed by atoms with Gasteiger partial charge in [-0.05, 0) is 19.3 Å². The lowest BCUT2D eigenvalue weighted by molar-refractivity contribution is 0.184. The molecule has 0 bridgehead atoms. The van der Waals surface area contributed by atoms with E-state index < -0.39 is 0 Å². The SMILES string of the molecule is COc1cc(NC2CCN(Cc3nnc(C4CCOC4)o3)CC2)ncn1. The molecule has 0 saturated carbocycles. The highest BCUT2D eigenvalue weighted by Gasteiger charge is 2.25. The molecule has 9 nitrogen and oxygen atoms in total. The molecule has 1 unspecified atom stereocenters. The minimum atomic E-state index is 0.260. The second-order valence-corrected chi connectivity index (χ2v) is 6.73. The first kappa shape index (κ1) is 17.2. The van der Waals surface area contributed by atoms with Crippen molar-refractivity contribution in [2.75, 3.05) is 38.7 Å². The molecule has 2 aromatic rings. The molecule has 140 valence electrons. The summed E-state index contributed by atoms with van der Waals surface area (Å²) in [6.45, 7) is 4.12. The second-order valence-electron chi connectivity index (χ2n) is 6.73. The molecule has 0 aliphatic carbocycles. The van der Waals surface area contributed by atoms with E-state index in [1.165, 1.54) is 6.33 Å². The van der Waals surface area contributed by atoms with Gasteiger partial charge in [0.25, 0.3) is 0 Å². The van der Waals surface area contributed by atoms with Crippen molar-refractivity contribution >= 4 is 5.82 Å². The summed E-state index contributed by atoms with van der Waals surface area (Å²) in [5.41, 5.74) is 0. The van der Waals surface area contributed by atoms with Gasteiger partial charge in [0.2, 0.25) is 17.7 Å². The maximum Gasteiger partial charge on any atom is 0.230 e. The lowest BCUT2D eigenvalue weighted by Gasteiger charge is -2.31. The van der Waals surface area contributed by atoms with Crippen LogP contribution in [0.15, 0.2) is 16.8 Å². The number of nitrogens with one attached hydrogen (secondary N) is 1. The Kier molecular flexibility index (Phi) is 5.26. The maximum atomic E-state index is 5.83. The monoisotopic (exact) mass is 360 g/mol. The summed E-state index contributed by atoms with van der Waals surface area (Å²) in [6.07, 6.45) is 4.54. The number of nitrogens with zero attached hydrogens (tertiary/aromatic N) is 5. The largest absolute Gasteiger partial charge is 0.481 e. The molecule has 2 aromatic heterocycles. The van der Waals surface area contributed by atoms with Gasteiger partial charge in [-0.2, -0.15) is 0 Å². The van der Waals surface area contributed by atoms with Gasteiger partial charge in [0, 0.05) is 31.8 Å². The standard InChI is InChI=1S/C17H24N6O3/c1-24-15-8-14(18-11-19-15)20-13-2-5-23(6-3-13)9-16-21-22-17(26-16)12-4-7-25-10-12/h8,11-13H,2-7,9-10H2,1H3,(H,18,19,20). The van der Waals surface area contributed by atoms with Crippen molar-refractivity contribution in [3.05, 3.63) is 24.2 Å². The summed E-state index contributed by atoms with van der Waals surface area (Å²) in [4.78, 5) is 10.6. The highest BCUT2D eigenvalue weighted by atomic mass is 16.5. The first-order chi connectivity index (χ1) is 12.8. The molecule has 2 saturated heterocycles. The van der Waals surface area contributed by atoms with Crippen LogP contribution in [0.5, 0.6) is 5.88 Å². The quantitative estimate of drug-likeness (QED) is 0.820. The molecule has 2 fully saturated rings. The molecule has 4 heterocycles. The Morgan fingerprint density at radius 2 is 2.12 bits per heavy atom. The molecule has 1 N–H and O–H groups in total. The smallest absolute Gasteiger partial charge is 0.230 e. The molecule has 9 heteroatoms. The van der Waals surface area contributed by atoms with Gasteiger partial charge in [-0.15, -0.1) is 10.2 Å². The van der Waals surface area contributed by atoms with E-state index in [0.29, 0.717) is 36.9 Å². The predicted octanol–water partition coefficient (Wildman–Crippen LogP) is 1.45. The van der Waals surface area contributed by atoms with Crippen LogP contribution in [0.4, 0.5) is 5.82 Å². The lowest BCUT2D eigenvalue weighted by atomic mass is 10.1. The van der Waals surface area contributed by atoms with Crippen LogP contribution in [-0.2, 0) is 11.3 Å². The van der Waals surface area contributed by atoms with E-state index in [-0.39, 0.29) is 5.92 Å². The van der Waals surface area contributed by atoms with E-state index in [9.17, 15) is 0 Å². The molecule has 26 heavy (non-hydrogen) atoms. The molecular formula is C17H24N6O3. The molecule has 0 amide bonds. The van der Waals surface area contributed by atoms with Gasteiger partial charge in [0.1, 0.15) is 12.1 Å². The zero-order chi connectivity index (χ0) is 17.8. The molecule has 0 radical (unpaired) electrons. The highest BCUT2D eigenvalue weighted by molar-refractivity contribution is 5.38. The second kappa shape index (κ2) is 7.96. The Labute approximate surface area is 152 Å². The number of hydrogen-bond acceptors (Lipinski definition) is 9. The molecule has 2 aliphatic heterocycles. The average Bonchev–Trinajstić information content (AvgIpc) is 3.35. The van der Waals surface area contributed by atoms with Crippen molar-refractivity contribution in [3.63, 3.8) is 0 Å². The third-order valence-corrected chi connectivity index (χ3v) is 4.91. The maximum absolute atomic E-state index is 5.83. The summed E-state index contributed by atoms with van der Waals surface area (Å²) in [5, 5.41) is 11.8. The van der Waals surface area contributed by atoms with Crippen molar-refractivity contribution in [3.8, 4) is 5.88 Å². The van der Waals surface area contributed by atoms with E-state index in [1.54, 1.807) is 7.11 Å². The Balaban J connectivity index is 1.25. The molecule has 1 atom stereocenters. The Morgan fingerprint density at radius 1 is 1.23 bits per heavy atom. The molecule has 0 aromatic carbocycles.